The molecule has 0 spiro atoms. The lowest BCUT2D eigenvalue weighted by atomic mass is 10.1. The van der Waals surface area contributed by atoms with Crippen molar-refractivity contribution in [3.05, 3.63) is 29.8 Å². The predicted octanol–water partition coefficient (Wildman–Crippen LogP) is 3.11. The Morgan fingerprint density at radius 2 is 1.76 bits per heavy atom. The topological polar surface area (TPSA) is 23.6 Å². The first-order valence-electron chi connectivity index (χ1n) is 7.46. The van der Waals surface area contributed by atoms with Gasteiger partial charge in [0.15, 0.2) is 5.78 Å². The van der Waals surface area contributed by atoms with Crippen LogP contribution in [0.3, 0.4) is 0 Å². The van der Waals surface area contributed by atoms with Gasteiger partial charge in [-0.05, 0) is 38.4 Å². The van der Waals surface area contributed by atoms with Crippen molar-refractivity contribution in [1.29, 1.82) is 0 Å². The Morgan fingerprint density at radius 3 is 2.24 bits per heavy atom. The van der Waals surface area contributed by atoms with Crippen LogP contribution in [-0.4, -0.2) is 62.1 Å². The molecule has 0 fully saturated rings. The van der Waals surface area contributed by atoms with Crippen molar-refractivity contribution in [3.8, 4) is 0 Å². The summed E-state index contributed by atoms with van der Waals surface area (Å²) in [6.45, 7) is 7.76. The summed E-state index contributed by atoms with van der Waals surface area (Å²) in [6.07, 6.45) is 2.04. The van der Waals surface area contributed by atoms with E-state index in [0.29, 0.717) is 12.5 Å². The molecule has 0 aromatic heterocycles. The first kappa shape index (κ1) is 18.2. The highest BCUT2D eigenvalue weighted by molar-refractivity contribution is 7.98. The van der Waals surface area contributed by atoms with Crippen molar-refractivity contribution in [2.24, 2.45) is 5.92 Å². The summed E-state index contributed by atoms with van der Waals surface area (Å²) in [5.74, 6) is 0.779. The van der Waals surface area contributed by atoms with E-state index in [-0.39, 0.29) is 5.78 Å². The second kappa shape index (κ2) is 9.23. The minimum Gasteiger partial charge on any atom is -0.308 e. The van der Waals surface area contributed by atoms with Gasteiger partial charge in [0.1, 0.15) is 0 Å². The van der Waals surface area contributed by atoms with Crippen molar-refractivity contribution < 1.29 is 4.79 Å². The third kappa shape index (κ3) is 7.11. The van der Waals surface area contributed by atoms with E-state index in [4.69, 9.17) is 0 Å². The number of carbonyl (C=O) groups excluding carboxylic acids is 1. The standard InChI is InChI=1S/C17H28N2OS/c1-14(2)12-19(11-10-18(3)4)13-17(20)15-6-8-16(21-5)9-7-15/h6-9,14H,10-13H2,1-5H3. The van der Waals surface area contributed by atoms with Crippen LogP contribution in [0.1, 0.15) is 24.2 Å². The van der Waals surface area contributed by atoms with Crippen molar-refractivity contribution in [2.45, 2.75) is 18.7 Å². The number of ketones is 1. The summed E-state index contributed by atoms with van der Waals surface area (Å²) in [5, 5.41) is 0. The molecular weight excluding hydrogens is 280 g/mol. The Hall–Kier alpha value is -0.840. The minimum atomic E-state index is 0.210. The summed E-state index contributed by atoms with van der Waals surface area (Å²) in [5.41, 5.74) is 0.811. The summed E-state index contributed by atoms with van der Waals surface area (Å²) < 4.78 is 0. The van der Waals surface area contributed by atoms with Crippen molar-refractivity contribution >= 4 is 17.5 Å². The number of nitrogens with zero attached hydrogens (tertiary/aromatic N) is 2. The number of likely N-dealkylation sites (N-methyl/N-ethyl adjacent to an activating group) is 1. The predicted molar refractivity (Wildman–Crippen MR) is 92.4 cm³/mol. The van der Waals surface area contributed by atoms with Gasteiger partial charge in [0.05, 0.1) is 6.54 Å². The molecule has 0 saturated heterocycles. The van der Waals surface area contributed by atoms with Crippen LogP contribution >= 0.6 is 11.8 Å². The van der Waals surface area contributed by atoms with Gasteiger partial charge < -0.3 is 4.90 Å². The molecule has 3 nitrogen and oxygen atoms in total. The molecule has 21 heavy (non-hydrogen) atoms. The highest BCUT2D eigenvalue weighted by Crippen LogP contribution is 2.15. The zero-order valence-corrected chi connectivity index (χ0v) is 14.7. The molecule has 0 saturated carbocycles. The molecule has 0 radical (unpaired) electrons. The van der Waals surface area contributed by atoms with Crippen LogP contribution in [0.2, 0.25) is 0 Å². The van der Waals surface area contributed by atoms with Gasteiger partial charge in [-0.3, -0.25) is 9.69 Å². The number of Topliss-reactive ketones (excluding diaryl/α,β-unsaturated/α-hetero) is 1. The molecule has 0 heterocycles. The smallest absolute Gasteiger partial charge is 0.176 e. The Morgan fingerprint density at radius 1 is 1.14 bits per heavy atom. The van der Waals surface area contributed by atoms with E-state index in [9.17, 15) is 4.79 Å². The minimum absolute atomic E-state index is 0.210. The molecule has 0 atom stereocenters. The molecule has 1 aromatic rings. The highest BCUT2D eigenvalue weighted by Gasteiger charge is 2.14. The van der Waals surface area contributed by atoms with Gasteiger partial charge in [-0.25, -0.2) is 0 Å². The Labute approximate surface area is 133 Å². The van der Waals surface area contributed by atoms with E-state index in [0.717, 1.165) is 25.2 Å². The van der Waals surface area contributed by atoms with Gasteiger partial charge in [-0.15, -0.1) is 11.8 Å². The van der Waals surface area contributed by atoms with Crippen LogP contribution in [0, 0.1) is 5.92 Å². The van der Waals surface area contributed by atoms with E-state index in [1.165, 1.54) is 4.90 Å². The molecule has 0 aliphatic heterocycles. The number of hydrogen-bond acceptors (Lipinski definition) is 4. The van der Waals surface area contributed by atoms with E-state index >= 15 is 0 Å². The fourth-order valence-corrected chi connectivity index (χ4v) is 2.57. The van der Waals surface area contributed by atoms with Crippen LogP contribution in [-0.2, 0) is 0 Å². The van der Waals surface area contributed by atoms with Crippen LogP contribution in [0.25, 0.3) is 0 Å². The summed E-state index contributed by atoms with van der Waals surface area (Å²) in [4.78, 5) is 18.0. The maximum Gasteiger partial charge on any atom is 0.176 e. The third-order valence-corrected chi connectivity index (χ3v) is 4.01. The van der Waals surface area contributed by atoms with Crippen molar-refractivity contribution in [1.82, 2.24) is 9.80 Å². The summed E-state index contributed by atoms with van der Waals surface area (Å²) in [7, 11) is 4.13. The maximum absolute atomic E-state index is 12.4. The van der Waals surface area contributed by atoms with Gasteiger partial charge >= 0.3 is 0 Å². The molecule has 1 aromatic carbocycles. The van der Waals surface area contributed by atoms with Crippen molar-refractivity contribution in [3.63, 3.8) is 0 Å². The highest BCUT2D eigenvalue weighted by atomic mass is 32.2. The molecule has 0 aliphatic carbocycles. The van der Waals surface area contributed by atoms with Gasteiger partial charge in [-0.1, -0.05) is 26.0 Å². The zero-order valence-electron chi connectivity index (χ0n) is 13.9. The van der Waals surface area contributed by atoms with E-state index < -0.39 is 0 Å². The molecule has 0 N–H and O–H groups in total. The maximum atomic E-state index is 12.4. The second-order valence-electron chi connectivity index (χ2n) is 6.08. The van der Waals surface area contributed by atoms with Crippen LogP contribution in [0.15, 0.2) is 29.2 Å². The van der Waals surface area contributed by atoms with E-state index in [2.05, 4.69) is 37.7 Å². The number of benzene rings is 1. The monoisotopic (exact) mass is 308 g/mol. The fourth-order valence-electron chi connectivity index (χ4n) is 2.16. The van der Waals surface area contributed by atoms with Crippen LogP contribution < -0.4 is 0 Å². The Kier molecular flexibility index (Phi) is 8.01. The molecular formula is C17H28N2OS. The average molecular weight is 308 g/mol. The van der Waals surface area contributed by atoms with Crippen LogP contribution in [0.5, 0.6) is 0 Å². The molecule has 1 rings (SSSR count). The zero-order chi connectivity index (χ0) is 15.8. The van der Waals surface area contributed by atoms with Gasteiger partial charge in [0.2, 0.25) is 0 Å². The molecule has 0 bridgehead atoms. The number of thioether (sulfide) groups is 1. The van der Waals surface area contributed by atoms with E-state index in [1.807, 2.05) is 30.5 Å². The summed E-state index contributed by atoms with van der Waals surface area (Å²) in [6, 6.07) is 7.91. The first-order chi connectivity index (χ1) is 9.92. The van der Waals surface area contributed by atoms with Gasteiger partial charge in [-0.2, -0.15) is 0 Å². The molecule has 0 unspecified atom stereocenters. The summed E-state index contributed by atoms with van der Waals surface area (Å²) >= 11 is 1.70. The SMILES string of the molecule is CSc1ccc(C(=O)CN(CCN(C)C)CC(C)C)cc1. The molecule has 0 amide bonds. The first-order valence-corrected chi connectivity index (χ1v) is 8.69. The molecule has 118 valence electrons. The van der Waals surface area contributed by atoms with E-state index in [1.54, 1.807) is 11.8 Å². The normalized spacial score (nSPS) is 11.6. The third-order valence-electron chi connectivity index (χ3n) is 3.27. The largest absolute Gasteiger partial charge is 0.308 e. The fraction of sp³-hybridized carbons (Fsp3) is 0.588. The lowest BCUT2D eigenvalue weighted by Gasteiger charge is -2.25. The number of hydrogen-bond donors (Lipinski definition) is 0. The lowest BCUT2D eigenvalue weighted by Crippen LogP contribution is -2.37. The lowest BCUT2D eigenvalue weighted by molar-refractivity contribution is 0.0916. The van der Waals surface area contributed by atoms with Gasteiger partial charge in [0, 0.05) is 30.1 Å². The molecule has 0 aliphatic rings. The Balaban J connectivity index is 2.64. The molecule has 4 heteroatoms. The van der Waals surface area contributed by atoms with Crippen molar-refractivity contribution in [2.75, 3.05) is 46.5 Å². The van der Waals surface area contributed by atoms with Gasteiger partial charge in [0.25, 0.3) is 0 Å². The number of rotatable bonds is 9. The van der Waals surface area contributed by atoms with Crippen LogP contribution in [0.4, 0.5) is 0 Å². The second-order valence-corrected chi connectivity index (χ2v) is 6.96. The average Bonchev–Trinajstić information content (AvgIpc) is 2.44. The Bertz CT molecular complexity index is 429. The quantitative estimate of drug-likeness (QED) is 0.516. The number of carbonyl (C=O) groups is 1.